The predicted molar refractivity (Wildman–Crippen MR) is 84.8 cm³/mol. The summed E-state index contributed by atoms with van der Waals surface area (Å²) in [4.78, 5) is 0. The summed E-state index contributed by atoms with van der Waals surface area (Å²) in [6, 6.07) is 5.37. The molecule has 0 atom stereocenters. The first-order valence-corrected chi connectivity index (χ1v) is 8.80. The molecule has 5 nitrogen and oxygen atoms in total. The highest BCUT2D eigenvalue weighted by molar-refractivity contribution is 7.89. The fraction of sp³-hybridized carbons (Fsp3) is 0.571. The van der Waals surface area contributed by atoms with Gasteiger partial charge in [-0.2, -0.15) is 0 Å². The molecule has 120 valence electrons. The highest BCUT2D eigenvalue weighted by Crippen LogP contribution is 2.28. The molecule has 0 heterocycles. The van der Waals surface area contributed by atoms with Crippen LogP contribution in [0.25, 0.3) is 0 Å². The molecule has 0 aliphatic rings. The summed E-state index contributed by atoms with van der Waals surface area (Å²) in [6.45, 7) is 0.295. The van der Waals surface area contributed by atoms with Crippen molar-refractivity contribution in [2.45, 2.75) is 19.4 Å². The monoisotopic (exact) mass is 335 g/mol. The zero-order valence-corrected chi connectivity index (χ0v) is 14.2. The lowest BCUT2D eigenvalue weighted by Gasteiger charge is -2.18. The average Bonchev–Trinajstić information content (AvgIpc) is 2.47. The number of unbranched alkanes of at least 4 members (excludes halogenated alkanes) is 1. The van der Waals surface area contributed by atoms with Gasteiger partial charge in [0.1, 0.15) is 0 Å². The SMILES string of the molecule is COc1ccc(CN(C)S(=O)(=O)CCCCCl)cc1OC. The Kier molecular flexibility index (Phi) is 7.28. The lowest BCUT2D eigenvalue weighted by Crippen LogP contribution is -2.28. The molecular formula is C14H22ClNO4S. The Morgan fingerprint density at radius 1 is 1.14 bits per heavy atom. The van der Waals surface area contributed by atoms with Crippen molar-refractivity contribution in [3.63, 3.8) is 0 Å². The maximum Gasteiger partial charge on any atom is 0.214 e. The van der Waals surface area contributed by atoms with Crippen molar-refractivity contribution < 1.29 is 17.9 Å². The number of ether oxygens (including phenoxy) is 2. The summed E-state index contributed by atoms with van der Waals surface area (Å²) >= 11 is 5.57. The standard InChI is InChI=1S/C14H22ClNO4S/c1-16(21(17,18)9-5-4-8-15)11-12-6-7-13(19-2)14(10-12)20-3/h6-7,10H,4-5,8-9,11H2,1-3H3. The van der Waals surface area contributed by atoms with Crippen molar-refractivity contribution in [1.82, 2.24) is 4.31 Å². The molecule has 7 heteroatoms. The van der Waals surface area contributed by atoms with Gasteiger partial charge in [0.15, 0.2) is 11.5 Å². The maximum atomic E-state index is 12.1. The molecule has 0 saturated heterocycles. The molecule has 0 aliphatic carbocycles. The topological polar surface area (TPSA) is 55.8 Å². The van der Waals surface area contributed by atoms with Gasteiger partial charge in [-0.15, -0.1) is 11.6 Å². The molecule has 1 rings (SSSR count). The number of methoxy groups -OCH3 is 2. The zero-order chi connectivity index (χ0) is 15.9. The van der Waals surface area contributed by atoms with Crippen LogP contribution in [0, 0.1) is 0 Å². The summed E-state index contributed by atoms with van der Waals surface area (Å²) in [5, 5.41) is 0. The normalized spacial score (nSPS) is 11.7. The van der Waals surface area contributed by atoms with Crippen molar-refractivity contribution in [1.29, 1.82) is 0 Å². The molecule has 0 saturated carbocycles. The zero-order valence-electron chi connectivity index (χ0n) is 12.6. The first-order chi connectivity index (χ1) is 9.94. The second-order valence-corrected chi connectivity index (χ2v) is 7.23. The van der Waals surface area contributed by atoms with E-state index in [2.05, 4.69) is 0 Å². The molecule has 0 fully saturated rings. The van der Waals surface area contributed by atoms with Gasteiger partial charge >= 0.3 is 0 Å². The van der Waals surface area contributed by atoms with Crippen LogP contribution >= 0.6 is 11.6 Å². The molecular weight excluding hydrogens is 314 g/mol. The van der Waals surface area contributed by atoms with Crippen LogP contribution in [0.2, 0.25) is 0 Å². The largest absolute Gasteiger partial charge is 0.493 e. The fourth-order valence-electron chi connectivity index (χ4n) is 1.87. The van der Waals surface area contributed by atoms with Crippen LogP contribution in [-0.2, 0) is 16.6 Å². The Hall–Kier alpha value is -0.980. The molecule has 0 N–H and O–H groups in total. The highest BCUT2D eigenvalue weighted by atomic mass is 35.5. The Morgan fingerprint density at radius 2 is 1.81 bits per heavy atom. The van der Waals surface area contributed by atoms with Gasteiger partial charge in [0, 0.05) is 19.5 Å². The lowest BCUT2D eigenvalue weighted by molar-refractivity contribution is 0.354. The predicted octanol–water partition coefficient (Wildman–Crippen LogP) is 2.48. The van der Waals surface area contributed by atoms with Crippen LogP contribution in [0.4, 0.5) is 0 Å². The molecule has 0 radical (unpaired) electrons. The van der Waals surface area contributed by atoms with Gasteiger partial charge < -0.3 is 9.47 Å². The van der Waals surface area contributed by atoms with E-state index in [-0.39, 0.29) is 5.75 Å². The Balaban J connectivity index is 2.76. The molecule has 0 aromatic heterocycles. The molecule has 0 unspecified atom stereocenters. The number of benzene rings is 1. The summed E-state index contributed by atoms with van der Waals surface area (Å²) in [5.41, 5.74) is 0.844. The van der Waals surface area contributed by atoms with Crippen LogP contribution in [-0.4, -0.2) is 45.6 Å². The van der Waals surface area contributed by atoms with Crippen LogP contribution in [0.15, 0.2) is 18.2 Å². The van der Waals surface area contributed by atoms with Crippen molar-refractivity contribution >= 4 is 21.6 Å². The molecule has 0 bridgehead atoms. The number of rotatable bonds is 9. The molecule has 1 aromatic rings. The van der Waals surface area contributed by atoms with Gasteiger partial charge in [-0.25, -0.2) is 12.7 Å². The van der Waals surface area contributed by atoms with Crippen molar-refractivity contribution in [3.05, 3.63) is 23.8 Å². The van der Waals surface area contributed by atoms with Gasteiger partial charge in [0.05, 0.1) is 20.0 Å². The molecule has 1 aromatic carbocycles. The van der Waals surface area contributed by atoms with E-state index < -0.39 is 10.0 Å². The number of hydrogen-bond acceptors (Lipinski definition) is 4. The van der Waals surface area contributed by atoms with Crippen LogP contribution < -0.4 is 9.47 Å². The van der Waals surface area contributed by atoms with Gasteiger partial charge in [0.2, 0.25) is 10.0 Å². The van der Waals surface area contributed by atoms with Gasteiger partial charge in [-0.05, 0) is 30.5 Å². The first kappa shape index (κ1) is 18.1. The summed E-state index contributed by atoms with van der Waals surface area (Å²) in [5.74, 6) is 1.80. The minimum absolute atomic E-state index is 0.115. The van der Waals surface area contributed by atoms with Crippen LogP contribution in [0.3, 0.4) is 0 Å². The molecule has 21 heavy (non-hydrogen) atoms. The molecule has 0 spiro atoms. The summed E-state index contributed by atoms with van der Waals surface area (Å²) in [7, 11) is 1.42. The van der Waals surface area contributed by atoms with E-state index in [1.807, 2.05) is 6.07 Å². The minimum Gasteiger partial charge on any atom is -0.493 e. The van der Waals surface area contributed by atoms with E-state index in [1.54, 1.807) is 33.4 Å². The third-order valence-electron chi connectivity index (χ3n) is 3.11. The lowest BCUT2D eigenvalue weighted by atomic mass is 10.2. The number of hydrogen-bond donors (Lipinski definition) is 0. The van der Waals surface area contributed by atoms with E-state index >= 15 is 0 Å². The second kappa shape index (κ2) is 8.46. The third kappa shape index (κ3) is 5.37. The number of sulfonamides is 1. The Morgan fingerprint density at radius 3 is 2.38 bits per heavy atom. The quantitative estimate of drug-likeness (QED) is 0.514. The minimum atomic E-state index is -3.26. The van der Waals surface area contributed by atoms with E-state index in [9.17, 15) is 8.42 Å². The second-order valence-electron chi connectivity index (χ2n) is 4.66. The van der Waals surface area contributed by atoms with Gasteiger partial charge in [-0.3, -0.25) is 0 Å². The van der Waals surface area contributed by atoms with Crippen LogP contribution in [0.5, 0.6) is 11.5 Å². The van der Waals surface area contributed by atoms with Crippen molar-refractivity contribution in [2.24, 2.45) is 0 Å². The first-order valence-electron chi connectivity index (χ1n) is 6.65. The maximum absolute atomic E-state index is 12.1. The third-order valence-corrected chi connectivity index (χ3v) is 5.26. The fourth-order valence-corrected chi connectivity index (χ4v) is 3.28. The molecule has 0 aliphatic heterocycles. The smallest absolute Gasteiger partial charge is 0.214 e. The van der Waals surface area contributed by atoms with Gasteiger partial charge in [0.25, 0.3) is 0 Å². The highest BCUT2D eigenvalue weighted by Gasteiger charge is 2.18. The van der Waals surface area contributed by atoms with Crippen LogP contribution in [0.1, 0.15) is 18.4 Å². The number of alkyl halides is 1. The van der Waals surface area contributed by atoms with Crippen molar-refractivity contribution in [2.75, 3.05) is 32.9 Å². The number of halogens is 1. The van der Waals surface area contributed by atoms with E-state index in [4.69, 9.17) is 21.1 Å². The summed E-state index contributed by atoms with van der Waals surface area (Å²) < 4.78 is 36.0. The molecule has 0 amide bonds. The van der Waals surface area contributed by atoms with Gasteiger partial charge in [-0.1, -0.05) is 6.07 Å². The Labute approximate surface area is 131 Å². The Bertz CT molecular complexity index is 548. The van der Waals surface area contributed by atoms with E-state index in [1.165, 1.54) is 4.31 Å². The average molecular weight is 336 g/mol. The number of nitrogens with zero attached hydrogens (tertiary/aromatic N) is 1. The van der Waals surface area contributed by atoms with E-state index in [0.717, 1.165) is 5.56 Å². The summed E-state index contributed by atoms with van der Waals surface area (Å²) in [6.07, 6.45) is 1.27. The van der Waals surface area contributed by atoms with E-state index in [0.29, 0.717) is 36.8 Å². The van der Waals surface area contributed by atoms with Crippen molar-refractivity contribution in [3.8, 4) is 11.5 Å².